The van der Waals surface area contributed by atoms with Crippen LogP contribution in [0, 0.1) is 11.5 Å². The van der Waals surface area contributed by atoms with Gasteiger partial charge < -0.3 is 20.3 Å². The molecule has 0 atom stereocenters. The monoisotopic (exact) mass is 485 g/mol. The Bertz CT molecular complexity index is 1280. The topological polar surface area (TPSA) is 123 Å². The number of rotatable bonds is 7. The lowest BCUT2D eigenvalue weighted by molar-refractivity contribution is 0.0858. The second-order valence-electron chi connectivity index (χ2n) is 8.12. The number of aromatic nitrogens is 2. The molecule has 2 amide bonds. The van der Waals surface area contributed by atoms with Gasteiger partial charge in [0.2, 0.25) is 5.95 Å². The van der Waals surface area contributed by atoms with Crippen LogP contribution in [0.1, 0.15) is 27.6 Å². The van der Waals surface area contributed by atoms with Crippen LogP contribution in [0.3, 0.4) is 0 Å². The maximum atomic E-state index is 12.8. The summed E-state index contributed by atoms with van der Waals surface area (Å²) < 4.78 is 5.45. The van der Waals surface area contributed by atoms with Crippen LogP contribution in [0.5, 0.6) is 0 Å². The lowest BCUT2D eigenvalue weighted by Crippen LogP contribution is -2.38. The maximum Gasteiger partial charge on any atom is 0.266 e. The van der Waals surface area contributed by atoms with Crippen LogP contribution >= 0.6 is 0 Å². The van der Waals surface area contributed by atoms with E-state index in [0.29, 0.717) is 48.2 Å². The quantitative estimate of drug-likeness (QED) is 0.387. The molecule has 0 aliphatic carbocycles. The fraction of sp³-hybridized carbons (Fsp3) is 0.269. The summed E-state index contributed by atoms with van der Waals surface area (Å²) in [6, 6.07) is 14.3. The van der Waals surface area contributed by atoms with E-state index in [9.17, 15) is 9.59 Å². The van der Waals surface area contributed by atoms with Gasteiger partial charge >= 0.3 is 0 Å². The van der Waals surface area contributed by atoms with Crippen molar-refractivity contribution < 1.29 is 14.3 Å². The number of benzene rings is 2. The minimum Gasteiger partial charge on any atom is -0.378 e. The molecular weight excluding hydrogens is 458 g/mol. The molecule has 2 N–H and O–H groups in total. The minimum absolute atomic E-state index is 0.144. The van der Waals surface area contributed by atoms with E-state index in [4.69, 9.17) is 10.00 Å². The molecule has 2 heterocycles. The van der Waals surface area contributed by atoms with E-state index in [1.807, 2.05) is 19.1 Å². The van der Waals surface area contributed by atoms with Crippen LogP contribution in [-0.2, 0) is 4.74 Å². The molecule has 0 unspecified atom stereocenters. The van der Waals surface area contributed by atoms with E-state index >= 15 is 0 Å². The van der Waals surface area contributed by atoms with Crippen LogP contribution in [-0.4, -0.2) is 66.6 Å². The van der Waals surface area contributed by atoms with E-state index in [0.717, 1.165) is 29.2 Å². The highest BCUT2D eigenvalue weighted by Gasteiger charge is 2.19. The predicted molar refractivity (Wildman–Crippen MR) is 136 cm³/mol. The van der Waals surface area contributed by atoms with Crippen molar-refractivity contribution in [3.8, 4) is 17.5 Å². The molecule has 2 aromatic carbocycles. The molecular formula is C26H27N7O3. The van der Waals surface area contributed by atoms with Gasteiger partial charge in [-0.2, -0.15) is 5.26 Å². The van der Waals surface area contributed by atoms with Crippen molar-refractivity contribution in [3.63, 3.8) is 0 Å². The van der Waals surface area contributed by atoms with Gasteiger partial charge in [-0.1, -0.05) is 12.1 Å². The number of carbonyl (C=O) groups is 2. The Morgan fingerprint density at radius 2 is 1.89 bits per heavy atom. The zero-order valence-electron chi connectivity index (χ0n) is 20.2. The second-order valence-corrected chi connectivity index (χ2v) is 8.12. The Morgan fingerprint density at radius 3 is 2.58 bits per heavy atom. The molecule has 184 valence electrons. The molecule has 10 nitrogen and oxygen atoms in total. The SMILES string of the molecule is CCNC(=O)c1cc(Nc2nccc(-c3ccc(C(=O)N(C)C#N)cc3)n2)ccc1N1CCOCC1. The van der Waals surface area contributed by atoms with E-state index in [1.165, 1.54) is 7.05 Å². The highest BCUT2D eigenvalue weighted by Crippen LogP contribution is 2.27. The molecule has 1 aliphatic rings. The molecule has 10 heteroatoms. The lowest BCUT2D eigenvalue weighted by atomic mass is 10.1. The van der Waals surface area contributed by atoms with Gasteiger partial charge in [0.1, 0.15) is 0 Å². The number of nitrogens with one attached hydrogen (secondary N) is 2. The zero-order chi connectivity index (χ0) is 25.5. The number of amides is 2. The smallest absolute Gasteiger partial charge is 0.266 e. The van der Waals surface area contributed by atoms with Crippen molar-refractivity contribution in [1.29, 1.82) is 5.26 Å². The molecule has 1 aliphatic heterocycles. The normalized spacial score (nSPS) is 13.0. The van der Waals surface area contributed by atoms with Gasteiger partial charge in [0, 0.05) is 55.4 Å². The summed E-state index contributed by atoms with van der Waals surface area (Å²) in [4.78, 5) is 37.0. The first-order chi connectivity index (χ1) is 17.5. The number of nitrogens with zero attached hydrogens (tertiary/aromatic N) is 5. The Labute approximate surface area is 209 Å². The second kappa shape index (κ2) is 11.3. The van der Waals surface area contributed by atoms with Crippen LogP contribution in [0.4, 0.5) is 17.3 Å². The summed E-state index contributed by atoms with van der Waals surface area (Å²) in [6.45, 7) is 5.11. The highest BCUT2D eigenvalue weighted by molar-refractivity contribution is 6.01. The van der Waals surface area contributed by atoms with Gasteiger partial charge in [0.25, 0.3) is 11.8 Å². The molecule has 0 spiro atoms. The number of ether oxygens (including phenoxy) is 1. The summed E-state index contributed by atoms with van der Waals surface area (Å²) in [6.07, 6.45) is 3.44. The van der Waals surface area contributed by atoms with Crippen LogP contribution in [0.25, 0.3) is 11.3 Å². The van der Waals surface area contributed by atoms with Crippen LogP contribution in [0.2, 0.25) is 0 Å². The fourth-order valence-corrected chi connectivity index (χ4v) is 3.86. The van der Waals surface area contributed by atoms with Crippen molar-refractivity contribution in [1.82, 2.24) is 20.2 Å². The summed E-state index contributed by atoms with van der Waals surface area (Å²) in [5, 5.41) is 15.0. The third-order valence-corrected chi connectivity index (χ3v) is 5.72. The average molecular weight is 486 g/mol. The van der Waals surface area contributed by atoms with Crippen molar-refractivity contribution in [2.24, 2.45) is 0 Å². The molecule has 1 aromatic heterocycles. The van der Waals surface area contributed by atoms with Gasteiger partial charge in [-0.15, -0.1) is 0 Å². The first-order valence-corrected chi connectivity index (χ1v) is 11.6. The van der Waals surface area contributed by atoms with E-state index in [2.05, 4.69) is 25.5 Å². The highest BCUT2D eigenvalue weighted by atomic mass is 16.5. The summed E-state index contributed by atoms with van der Waals surface area (Å²) in [5.74, 6) is -0.149. The van der Waals surface area contributed by atoms with Crippen molar-refractivity contribution in [3.05, 3.63) is 65.9 Å². The Kier molecular flexibility index (Phi) is 7.72. The van der Waals surface area contributed by atoms with Gasteiger partial charge in [0.05, 0.1) is 24.5 Å². The zero-order valence-corrected chi connectivity index (χ0v) is 20.2. The summed E-state index contributed by atoms with van der Waals surface area (Å²) in [7, 11) is 1.42. The molecule has 1 fully saturated rings. The number of carbonyl (C=O) groups excluding carboxylic acids is 2. The number of anilines is 3. The molecule has 3 aromatic rings. The summed E-state index contributed by atoms with van der Waals surface area (Å²) in [5.41, 5.74) is 3.99. The third kappa shape index (κ3) is 5.59. The molecule has 0 saturated carbocycles. The van der Waals surface area contributed by atoms with Gasteiger partial charge in [0.15, 0.2) is 6.19 Å². The molecule has 4 rings (SSSR count). The van der Waals surface area contributed by atoms with Crippen molar-refractivity contribution >= 4 is 29.1 Å². The van der Waals surface area contributed by atoms with Crippen LogP contribution < -0.4 is 15.5 Å². The lowest BCUT2D eigenvalue weighted by Gasteiger charge is -2.30. The van der Waals surface area contributed by atoms with Crippen molar-refractivity contribution in [2.75, 3.05) is 50.1 Å². The van der Waals surface area contributed by atoms with E-state index in [1.54, 1.807) is 48.8 Å². The maximum absolute atomic E-state index is 12.8. The first-order valence-electron chi connectivity index (χ1n) is 11.6. The average Bonchev–Trinajstić information content (AvgIpc) is 2.93. The van der Waals surface area contributed by atoms with E-state index < -0.39 is 0 Å². The third-order valence-electron chi connectivity index (χ3n) is 5.72. The number of nitriles is 1. The molecule has 1 saturated heterocycles. The number of hydrogen-bond donors (Lipinski definition) is 2. The summed E-state index contributed by atoms with van der Waals surface area (Å²) >= 11 is 0. The van der Waals surface area contributed by atoms with Crippen LogP contribution in [0.15, 0.2) is 54.7 Å². The fourth-order valence-electron chi connectivity index (χ4n) is 3.86. The van der Waals surface area contributed by atoms with Gasteiger partial charge in [-0.25, -0.2) is 14.9 Å². The molecule has 0 radical (unpaired) electrons. The predicted octanol–water partition coefficient (Wildman–Crippen LogP) is 3.03. The van der Waals surface area contributed by atoms with Gasteiger partial charge in [-0.3, -0.25) is 9.59 Å². The minimum atomic E-state index is -0.377. The number of hydrogen-bond acceptors (Lipinski definition) is 8. The number of morpholine rings is 1. The Morgan fingerprint density at radius 1 is 1.14 bits per heavy atom. The largest absolute Gasteiger partial charge is 0.378 e. The van der Waals surface area contributed by atoms with E-state index in [-0.39, 0.29) is 11.8 Å². The van der Waals surface area contributed by atoms with Gasteiger partial charge in [-0.05, 0) is 43.3 Å². The standard InChI is InChI=1S/C26H27N7O3/c1-3-28-24(34)21-16-20(8-9-23(21)33-12-14-36-15-13-33)30-26-29-11-10-22(31-26)18-4-6-19(7-5-18)25(35)32(2)17-27/h4-11,16H,3,12-15H2,1-2H3,(H,28,34)(H,29,30,31). The van der Waals surface area contributed by atoms with Crippen molar-refractivity contribution in [2.45, 2.75) is 6.92 Å². The first kappa shape index (κ1) is 24.6. The molecule has 36 heavy (non-hydrogen) atoms. The Balaban J connectivity index is 1.56. The molecule has 0 bridgehead atoms. The Hall–Kier alpha value is -4.49.